The monoisotopic (exact) mass is 331 g/mol. The summed E-state index contributed by atoms with van der Waals surface area (Å²) < 4.78 is 1.68. The largest absolute Gasteiger partial charge is 0.335 e. The maximum atomic E-state index is 12.8. The third kappa shape index (κ3) is 3.19. The summed E-state index contributed by atoms with van der Waals surface area (Å²) >= 11 is 0. The Balaban J connectivity index is 1.51. The van der Waals surface area contributed by atoms with E-state index < -0.39 is 0 Å². The van der Waals surface area contributed by atoms with Gasteiger partial charge in [0.25, 0.3) is 5.91 Å². The molecule has 4 rings (SSSR count). The van der Waals surface area contributed by atoms with Crippen LogP contribution in [0.1, 0.15) is 22.3 Å². The van der Waals surface area contributed by atoms with Gasteiger partial charge in [-0.25, -0.2) is 4.98 Å². The molecule has 6 heteroatoms. The third-order valence-corrected chi connectivity index (χ3v) is 4.32. The Morgan fingerprint density at radius 3 is 2.56 bits per heavy atom. The molecule has 0 radical (unpaired) electrons. The highest BCUT2D eigenvalue weighted by molar-refractivity contribution is 5.95. The van der Waals surface area contributed by atoms with E-state index in [0.717, 1.165) is 6.42 Å². The van der Waals surface area contributed by atoms with E-state index in [2.05, 4.69) is 33.4 Å². The fourth-order valence-electron chi connectivity index (χ4n) is 2.96. The maximum absolute atomic E-state index is 12.8. The summed E-state index contributed by atoms with van der Waals surface area (Å²) in [4.78, 5) is 18.9. The lowest BCUT2D eigenvalue weighted by Gasteiger charge is -2.27. The minimum absolute atomic E-state index is 0.0140. The van der Waals surface area contributed by atoms with E-state index in [1.165, 1.54) is 11.1 Å². The van der Waals surface area contributed by atoms with Gasteiger partial charge < -0.3 is 4.90 Å². The predicted octanol–water partition coefficient (Wildman–Crippen LogP) is 2.59. The number of hydrogen-bond acceptors (Lipinski definition) is 4. The van der Waals surface area contributed by atoms with E-state index >= 15 is 0 Å². The van der Waals surface area contributed by atoms with E-state index in [1.54, 1.807) is 35.6 Å². The standard InChI is InChI=1S/C19H17N5O/c25-19(17-6-9-20-18(12-17)24-13-21-22-14-24)23-10-7-16(8-11-23)15-4-2-1-3-5-15/h1-7,9,12-14H,8,10-11H2. The van der Waals surface area contributed by atoms with Crippen LogP contribution in [-0.4, -0.2) is 43.6 Å². The number of nitrogens with zero attached hydrogens (tertiary/aromatic N) is 5. The van der Waals surface area contributed by atoms with Gasteiger partial charge in [-0.3, -0.25) is 9.36 Å². The topological polar surface area (TPSA) is 63.9 Å². The highest BCUT2D eigenvalue weighted by Crippen LogP contribution is 2.23. The molecule has 0 atom stereocenters. The van der Waals surface area contributed by atoms with E-state index in [-0.39, 0.29) is 5.91 Å². The lowest BCUT2D eigenvalue weighted by molar-refractivity contribution is 0.0772. The fraction of sp³-hybridized carbons (Fsp3) is 0.158. The van der Waals surface area contributed by atoms with Crippen molar-refractivity contribution in [2.45, 2.75) is 6.42 Å². The van der Waals surface area contributed by atoms with Crippen molar-refractivity contribution in [2.24, 2.45) is 0 Å². The van der Waals surface area contributed by atoms with Gasteiger partial charge >= 0.3 is 0 Å². The summed E-state index contributed by atoms with van der Waals surface area (Å²) in [6, 6.07) is 13.8. The highest BCUT2D eigenvalue weighted by atomic mass is 16.2. The van der Waals surface area contributed by atoms with Gasteiger partial charge in [-0.15, -0.1) is 10.2 Å². The molecular weight excluding hydrogens is 314 g/mol. The Hall–Kier alpha value is -3.28. The molecule has 0 spiro atoms. The van der Waals surface area contributed by atoms with Crippen LogP contribution in [0.15, 0.2) is 67.4 Å². The van der Waals surface area contributed by atoms with Crippen molar-refractivity contribution in [3.05, 3.63) is 78.5 Å². The van der Waals surface area contributed by atoms with Crippen molar-refractivity contribution < 1.29 is 4.79 Å². The van der Waals surface area contributed by atoms with Crippen LogP contribution < -0.4 is 0 Å². The average Bonchev–Trinajstić information content (AvgIpc) is 3.23. The van der Waals surface area contributed by atoms with E-state index in [4.69, 9.17) is 0 Å². The Labute approximate surface area is 145 Å². The molecule has 1 aliphatic rings. The second-order valence-corrected chi connectivity index (χ2v) is 5.87. The Kier molecular flexibility index (Phi) is 4.08. The van der Waals surface area contributed by atoms with Crippen molar-refractivity contribution in [3.63, 3.8) is 0 Å². The molecule has 0 unspecified atom stereocenters. The van der Waals surface area contributed by atoms with Crippen LogP contribution >= 0.6 is 0 Å². The Morgan fingerprint density at radius 1 is 1.04 bits per heavy atom. The first-order valence-corrected chi connectivity index (χ1v) is 8.16. The zero-order chi connectivity index (χ0) is 17.1. The van der Waals surface area contributed by atoms with Crippen LogP contribution in [-0.2, 0) is 0 Å². The van der Waals surface area contributed by atoms with Crippen LogP contribution in [0.5, 0.6) is 0 Å². The molecule has 0 bridgehead atoms. The zero-order valence-corrected chi connectivity index (χ0v) is 13.6. The summed E-state index contributed by atoms with van der Waals surface area (Å²) in [5, 5.41) is 7.54. The average molecular weight is 331 g/mol. The summed E-state index contributed by atoms with van der Waals surface area (Å²) in [5.41, 5.74) is 3.15. The second kappa shape index (κ2) is 6.68. The molecule has 1 amide bonds. The first-order valence-electron chi connectivity index (χ1n) is 8.16. The van der Waals surface area contributed by atoms with Gasteiger partial charge in [-0.1, -0.05) is 36.4 Å². The molecule has 0 aliphatic carbocycles. The summed E-state index contributed by atoms with van der Waals surface area (Å²) in [7, 11) is 0. The summed E-state index contributed by atoms with van der Waals surface area (Å²) in [6.07, 6.45) is 7.76. The molecule has 0 fully saturated rings. The molecule has 0 saturated carbocycles. The number of pyridine rings is 1. The summed E-state index contributed by atoms with van der Waals surface area (Å²) in [5.74, 6) is 0.647. The molecule has 6 nitrogen and oxygen atoms in total. The van der Waals surface area contributed by atoms with Crippen molar-refractivity contribution in [2.75, 3.05) is 13.1 Å². The highest BCUT2D eigenvalue weighted by Gasteiger charge is 2.19. The lowest BCUT2D eigenvalue weighted by atomic mass is 9.99. The normalized spacial score (nSPS) is 14.2. The Morgan fingerprint density at radius 2 is 1.84 bits per heavy atom. The van der Waals surface area contributed by atoms with E-state index in [9.17, 15) is 4.79 Å². The zero-order valence-electron chi connectivity index (χ0n) is 13.6. The predicted molar refractivity (Wildman–Crippen MR) is 94.1 cm³/mol. The third-order valence-electron chi connectivity index (χ3n) is 4.32. The number of carbonyl (C=O) groups is 1. The first-order chi connectivity index (χ1) is 12.3. The van der Waals surface area contributed by atoms with Gasteiger partial charge in [0, 0.05) is 24.8 Å². The SMILES string of the molecule is O=C(c1ccnc(-n2cnnc2)c1)N1CC=C(c2ccccc2)CC1. The van der Waals surface area contributed by atoms with Gasteiger partial charge in [0.2, 0.25) is 0 Å². The molecular formula is C19H17N5O. The van der Waals surface area contributed by atoms with Gasteiger partial charge in [0.1, 0.15) is 18.5 Å². The summed E-state index contributed by atoms with van der Waals surface area (Å²) in [6.45, 7) is 1.33. The van der Waals surface area contributed by atoms with Gasteiger partial charge in [-0.05, 0) is 29.7 Å². The smallest absolute Gasteiger partial charge is 0.254 e. The molecule has 124 valence electrons. The molecule has 1 aliphatic heterocycles. The van der Waals surface area contributed by atoms with E-state index in [0.29, 0.717) is 24.5 Å². The van der Waals surface area contributed by atoms with Crippen molar-refractivity contribution >= 4 is 11.5 Å². The minimum atomic E-state index is 0.0140. The van der Waals surface area contributed by atoms with Gasteiger partial charge in [0.15, 0.2) is 0 Å². The minimum Gasteiger partial charge on any atom is -0.335 e. The number of aromatic nitrogens is 4. The molecule has 25 heavy (non-hydrogen) atoms. The lowest BCUT2D eigenvalue weighted by Crippen LogP contribution is -2.34. The number of amides is 1. The molecule has 2 aromatic heterocycles. The molecule has 0 saturated heterocycles. The number of rotatable bonds is 3. The van der Waals surface area contributed by atoms with Crippen LogP contribution in [0.2, 0.25) is 0 Å². The number of benzene rings is 1. The second-order valence-electron chi connectivity index (χ2n) is 5.87. The molecule has 1 aromatic carbocycles. The van der Waals surface area contributed by atoms with Crippen LogP contribution in [0.4, 0.5) is 0 Å². The number of carbonyl (C=O) groups excluding carboxylic acids is 1. The first kappa shape index (κ1) is 15.3. The van der Waals surface area contributed by atoms with Crippen LogP contribution in [0, 0.1) is 0 Å². The van der Waals surface area contributed by atoms with Crippen molar-refractivity contribution in [1.29, 1.82) is 0 Å². The Bertz CT molecular complexity index is 903. The van der Waals surface area contributed by atoms with Crippen molar-refractivity contribution in [1.82, 2.24) is 24.6 Å². The van der Waals surface area contributed by atoms with Crippen molar-refractivity contribution in [3.8, 4) is 5.82 Å². The number of hydrogen-bond donors (Lipinski definition) is 0. The van der Waals surface area contributed by atoms with Gasteiger partial charge in [0.05, 0.1) is 0 Å². The molecule has 0 N–H and O–H groups in total. The van der Waals surface area contributed by atoms with Crippen LogP contribution in [0.3, 0.4) is 0 Å². The molecule has 3 heterocycles. The fourth-order valence-corrected chi connectivity index (χ4v) is 2.96. The maximum Gasteiger partial charge on any atom is 0.254 e. The van der Waals surface area contributed by atoms with Gasteiger partial charge in [-0.2, -0.15) is 0 Å². The molecule has 3 aromatic rings. The quantitative estimate of drug-likeness (QED) is 0.740. The van der Waals surface area contributed by atoms with E-state index in [1.807, 2.05) is 23.1 Å². The van der Waals surface area contributed by atoms with Crippen LogP contribution in [0.25, 0.3) is 11.4 Å².